The molecule has 0 radical (unpaired) electrons. The van der Waals surface area contributed by atoms with Crippen LogP contribution in [0.2, 0.25) is 0 Å². The second kappa shape index (κ2) is 3.76. The maximum absolute atomic E-state index is 2.47. The third kappa shape index (κ3) is 2.26. The summed E-state index contributed by atoms with van der Waals surface area (Å²) >= 11 is 2.81. The van der Waals surface area contributed by atoms with Crippen LogP contribution in [0.1, 0.15) is 0 Å². The van der Waals surface area contributed by atoms with Crippen LogP contribution in [-0.4, -0.2) is 18.9 Å². The van der Waals surface area contributed by atoms with E-state index in [-0.39, 0.29) is 15.8 Å². The molecular weight excluding hydrogens is 334 g/mol. The first-order chi connectivity index (χ1) is 3.43. The van der Waals surface area contributed by atoms with E-state index < -0.39 is 0 Å². The van der Waals surface area contributed by atoms with Gasteiger partial charge >= 0.3 is 63.7 Å². The summed E-state index contributed by atoms with van der Waals surface area (Å²) in [7, 11) is 0. The molecule has 0 aromatic carbocycles. The standard InChI is InChI=1S/C4H9I2S/c1-5-6-2-3-7-4-6/h2-4H2,1H3/q-1. The molecule has 0 amide bonds. The van der Waals surface area contributed by atoms with Gasteiger partial charge in [0.1, 0.15) is 0 Å². The quantitative estimate of drug-likeness (QED) is 0.427. The van der Waals surface area contributed by atoms with Crippen molar-refractivity contribution in [3.05, 3.63) is 0 Å². The van der Waals surface area contributed by atoms with Crippen LogP contribution in [0.4, 0.5) is 0 Å². The predicted octanol–water partition coefficient (Wildman–Crippen LogP) is -1.17. The number of alkyl halides is 3. The van der Waals surface area contributed by atoms with Gasteiger partial charge in [-0.3, -0.25) is 0 Å². The molecular formula is C4H9I2S-. The van der Waals surface area contributed by atoms with Crippen molar-refractivity contribution in [1.82, 2.24) is 0 Å². The van der Waals surface area contributed by atoms with Gasteiger partial charge in [0.2, 0.25) is 0 Å². The van der Waals surface area contributed by atoms with Gasteiger partial charge < -0.3 is 0 Å². The first-order valence-electron chi connectivity index (χ1n) is 2.13. The molecule has 3 heteroatoms. The molecule has 0 unspecified atom stereocenters. The Balaban J connectivity index is 2.14. The summed E-state index contributed by atoms with van der Waals surface area (Å²) in [6, 6.07) is 0. The Morgan fingerprint density at radius 3 is 2.86 bits per heavy atom. The first kappa shape index (κ1) is 6.92. The molecule has 0 aliphatic carbocycles. The normalized spacial score (nSPS) is 26.7. The van der Waals surface area contributed by atoms with Gasteiger partial charge in [0.25, 0.3) is 0 Å². The van der Waals surface area contributed by atoms with Gasteiger partial charge in [0, 0.05) is 0 Å². The molecule has 46 valence electrons. The second-order valence-corrected chi connectivity index (χ2v) is 21.5. The Morgan fingerprint density at radius 1 is 1.71 bits per heavy atom. The summed E-state index contributed by atoms with van der Waals surface area (Å²) in [5.41, 5.74) is 0. The molecule has 0 spiro atoms. The van der Waals surface area contributed by atoms with Crippen molar-refractivity contribution < 1.29 is 17.2 Å². The monoisotopic (exact) mass is 343 g/mol. The van der Waals surface area contributed by atoms with Crippen LogP contribution in [0, 0.1) is 0 Å². The van der Waals surface area contributed by atoms with E-state index in [1.165, 1.54) is 5.75 Å². The number of hydrogen-bond donors (Lipinski definition) is 0. The molecule has 0 aromatic rings. The summed E-state index contributed by atoms with van der Waals surface area (Å²) in [4.78, 5) is 2.47. The Bertz CT molecular complexity index is 51.7. The SMILES string of the molecule is C[I-]I1CCSC1. The average Bonchev–Trinajstić information content (AvgIpc) is 2.14. The first-order valence-corrected chi connectivity index (χ1v) is 14.8. The van der Waals surface area contributed by atoms with Gasteiger partial charge in [-0.05, 0) is 0 Å². The molecule has 7 heavy (non-hydrogen) atoms. The zero-order valence-electron chi connectivity index (χ0n) is 4.29. The zero-order valence-corrected chi connectivity index (χ0v) is 9.42. The molecule has 0 atom stereocenters. The van der Waals surface area contributed by atoms with E-state index in [0.29, 0.717) is 0 Å². The topological polar surface area (TPSA) is 0 Å². The molecule has 0 nitrogen and oxygen atoms in total. The summed E-state index contributed by atoms with van der Waals surface area (Å²) < 4.78 is 3.31. The fourth-order valence-corrected chi connectivity index (χ4v) is 22.1. The Hall–Kier alpha value is 1.81. The van der Waals surface area contributed by atoms with Crippen LogP contribution >= 0.6 is 27.6 Å². The molecule has 1 aliphatic heterocycles. The Labute approximate surface area is 62.9 Å². The van der Waals surface area contributed by atoms with E-state index in [9.17, 15) is 0 Å². The fraction of sp³-hybridized carbons (Fsp3) is 1.00. The van der Waals surface area contributed by atoms with Crippen LogP contribution < -0.4 is 17.2 Å². The van der Waals surface area contributed by atoms with Crippen LogP contribution in [0.15, 0.2) is 0 Å². The van der Waals surface area contributed by atoms with E-state index in [4.69, 9.17) is 0 Å². The predicted molar refractivity (Wildman–Crippen MR) is 42.1 cm³/mol. The van der Waals surface area contributed by atoms with Crippen molar-refractivity contribution in [3.63, 3.8) is 0 Å². The fourth-order valence-electron chi connectivity index (χ4n) is 0.444. The van der Waals surface area contributed by atoms with Crippen LogP contribution in [-0.2, 0) is 0 Å². The van der Waals surface area contributed by atoms with E-state index in [1.807, 2.05) is 0 Å². The molecule has 1 saturated heterocycles. The molecule has 1 fully saturated rings. The number of thioether (sulfide) groups is 1. The Kier molecular flexibility index (Phi) is 3.72. The van der Waals surface area contributed by atoms with Gasteiger partial charge in [0.15, 0.2) is 0 Å². The average molecular weight is 343 g/mol. The Morgan fingerprint density at radius 2 is 2.57 bits per heavy atom. The van der Waals surface area contributed by atoms with Crippen LogP contribution in [0.3, 0.4) is 0 Å². The van der Waals surface area contributed by atoms with Gasteiger partial charge in [0.05, 0.1) is 0 Å². The zero-order chi connectivity index (χ0) is 5.11. The third-order valence-corrected chi connectivity index (χ3v) is 23.9. The van der Waals surface area contributed by atoms with Crippen molar-refractivity contribution >= 4 is 27.6 Å². The van der Waals surface area contributed by atoms with E-state index in [0.717, 1.165) is 17.2 Å². The molecule has 1 rings (SSSR count). The van der Waals surface area contributed by atoms with E-state index >= 15 is 0 Å². The summed E-state index contributed by atoms with van der Waals surface area (Å²) in [6.07, 6.45) is 0. The molecule has 0 bridgehead atoms. The summed E-state index contributed by atoms with van der Waals surface area (Å²) in [5.74, 6) is 1.51. The van der Waals surface area contributed by atoms with Crippen molar-refractivity contribution in [3.8, 4) is 0 Å². The summed E-state index contributed by atoms with van der Waals surface area (Å²) in [5, 5.41) is 0. The van der Waals surface area contributed by atoms with E-state index in [2.05, 4.69) is 16.7 Å². The molecule has 1 heterocycles. The van der Waals surface area contributed by atoms with Crippen molar-refractivity contribution in [2.45, 2.75) is 0 Å². The van der Waals surface area contributed by atoms with Gasteiger partial charge in [-0.15, -0.1) is 0 Å². The van der Waals surface area contributed by atoms with Gasteiger partial charge in [-0.25, -0.2) is 0 Å². The third-order valence-electron chi connectivity index (χ3n) is 0.824. The van der Waals surface area contributed by atoms with E-state index in [1.54, 1.807) is 8.19 Å². The molecule has 0 aromatic heterocycles. The summed E-state index contributed by atoms with van der Waals surface area (Å²) in [6.45, 7) is 0. The van der Waals surface area contributed by atoms with Crippen LogP contribution in [0.5, 0.6) is 0 Å². The molecule has 0 saturated carbocycles. The maximum atomic E-state index is 2.47. The number of halogens is 2. The van der Waals surface area contributed by atoms with Gasteiger partial charge in [-0.1, -0.05) is 0 Å². The van der Waals surface area contributed by atoms with Crippen molar-refractivity contribution in [2.75, 3.05) is 18.9 Å². The number of rotatable bonds is 1. The second-order valence-electron chi connectivity index (χ2n) is 1.24. The van der Waals surface area contributed by atoms with Crippen molar-refractivity contribution in [1.29, 1.82) is 0 Å². The molecule has 1 aliphatic rings. The van der Waals surface area contributed by atoms with Crippen molar-refractivity contribution in [2.24, 2.45) is 0 Å². The van der Waals surface area contributed by atoms with Crippen LogP contribution in [0.25, 0.3) is 0 Å². The van der Waals surface area contributed by atoms with Gasteiger partial charge in [-0.2, -0.15) is 0 Å². The molecule has 0 N–H and O–H groups in total. The number of hydrogen-bond acceptors (Lipinski definition) is 1. The minimum absolute atomic E-state index is 0.135. The minimum atomic E-state index is -0.135.